The Labute approximate surface area is 137 Å². The molecule has 2 aromatic carbocycles. The van der Waals surface area contributed by atoms with E-state index in [1.807, 2.05) is 0 Å². The van der Waals surface area contributed by atoms with E-state index < -0.39 is 0 Å². The van der Waals surface area contributed by atoms with Gasteiger partial charge in [0.25, 0.3) is 5.91 Å². The van der Waals surface area contributed by atoms with E-state index in [1.165, 1.54) is 6.07 Å². The van der Waals surface area contributed by atoms with Gasteiger partial charge in [-0.1, -0.05) is 41.4 Å². The molecule has 0 heterocycles. The zero-order valence-electron chi connectivity index (χ0n) is 11.5. The number of rotatable bonds is 6. The van der Waals surface area contributed by atoms with Gasteiger partial charge in [-0.2, -0.15) is 0 Å². The third kappa shape index (κ3) is 4.80. The summed E-state index contributed by atoms with van der Waals surface area (Å²) in [6, 6.07) is 11.6. The molecule has 22 heavy (non-hydrogen) atoms. The van der Waals surface area contributed by atoms with E-state index in [-0.39, 0.29) is 18.3 Å². The Morgan fingerprint density at radius 2 is 1.95 bits per heavy atom. The first-order chi connectivity index (χ1) is 10.6. The van der Waals surface area contributed by atoms with Gasteiger partial charge in [-0.05, 0) is 24.3 Å². The minimum Gasteiger partial charge on any atom is -0.508 e. The largest absolute Gasteiger partial charge is 0.508 e. The highest BCUT2D eigenvalue weighted by Crippen LogP contribution is 2.27. The van der Waals surface area contributed by atoms with E-state index in [0.29, 0.717) is 27.9 Å². The van der Waals surface area contributed by atoms with Crippen LogP contribution < -0.4 is 15.6 Å². The van der Waals surface area contributed by atoms with Gasteiger partial charge < -0.3 is 9.84 Å². The number of hydrogen-bond acceptors (Lipinski definition) is 4. The lowest BCUT2D eigenvalue weighted by Gasteiger charge is -2.10. The maximum Gasteiger partial charge on any atom is 0.271 e. The first kappa shape index (κ1) is 16.4. The van der Waals surface area contributed by atoms with Gasteiger partial charge in [0.2, 0.25) is 0 Å². The summed E-state index contributed by atoms with van der Waals surface area (Å²) >= 11 is 11.7. The standard InChI is InChI=1S/C15H14Cl2N2O3/c16-11-5-6-14(12(17)7-11)22-9-15(21)19-18-8-10-3-1-2-4-13(10)20/h1-7,18,20H,8-9H2,(H,19,21). The quantitative estimate of drug-likeness (QED) is 0.707. The Morgan fingerprint density at radius 3 is 2.68 bits per heavy atom. The Bertz CT molecular complexity index is 665. The number of phenolic OH excluding ortho intramolecular Hbond substituents is 1. The molecular formula is C15H14Cl2N2O3. The molecule has 116 valence electrons. The summed E-state index contributed by atoms with van der Waals surface area (Å²) in [7, 11) is 0. The highest BCUT2D eigenvalue weighted by molar-refractivity contribution is 6.35. The van der Waals surface area contributed by atoms with Crippen molar-refractivity contribution in [1.29, 1.82) is 0 Å². The van der Waals surface area contributed by atoms with Crippen molar-refractivity contribution >= 4 is 29.1 Å². The molecule has 0 saturated carbocycles. The Morgan fingerprint density at radius 1 is 1.18 bits per heavy atom. The van der Waals surface area contributed by atoms with Crippen LogP contribution in [-0.2, 0) is 11.3 Å². The summed E-state index contributed by atoms with van der Waals surface area (Å²) in [4.78, 5) is 11.6. The smallest absolute Gasteiger partial charge is 0.271 e. The van der Waals surface area contributed by atoms with Gasteiger partial charge in [-0.15, -0.1) is 0 Å². The number of nitrogens with one attached hydrogen (secondary N) is 2. The normalized spacial score (nSPS) is 10.3. The Balaban J connectivity index is 1.75. The molecule has 0 fully saturated rings. The molecule has 0 aliphatic heterocycles. The van der Waals surface area contributed by atoms with Gasteiger partial charge in [0, 0.05) is 17.1 Å². The molecule has 0 saturated heterocycles. The molecule has 7 heteroatoms. The number of carbonyl (C=O) groups excluding carboxylic acids is 1. The van der Waals surface area contributed by atoms with Crippen LogP contribution in [0.4, 0.5) is 0 Å². The molecule has 0 atom stereocenters. The van der Waals surface area contributed by atoms with Crippen LogP contribution in [0.15, 0.2) is 42.5 Å². The number of aromatic hydroxyl groups is 1. The fraction of sp³-hybridized carbons (Fsp3) is 0.133. The van der Waals surface area contributed by atoms with Crippen molar-refractivity contribution in [3.63, 3.8) is 0 Å². The van der Waals surface area contributed by atoms with Gasteiger partial charge in [0.05, 0.1) is 5.02 Å². The van der Waals surface area contributed by atoms with E-state index in [9.17, 15) is 9.90 Å². The summed E-state index contributed by atoms with van der Waals surface area (Å²) in [5.74, 6) is 0.164. The second kappa shape index (κ2) is 7.89. The molecule has 0 bridgehead atoms. The molecule has 3 N–H and O–H groups in total. The highest BCUT2D eigenvalue weighted by atomic mass is 35.5. The van der Waals surface area contributed by atoms with Crippen LogP contribution in [-0.4, -0.2) is 17.6 Å². The number of carbonyl (C=O) groups is 1. The van der Waals surface area contributed by atoms with Gasteiger partial charge in [-0.3, -0.25) is 10.2 Å². The predicted octanol–water partition coefficient (Wildman–Crippen LogP) is 2.90. The summed E-state index contributed by atoms with van der Waals surface area (Å²) < 4.78 is 5.29. The van der Waals surface area contributed by atoms with Crippen molar-refractivity contribution in [3.8, 4) is 11.5 Å². The van der Waals surface area contributed by atoms with Crippen LogP contribution in [0.1, 0.15) is 5.56 Å². The molecule has 0 spiro atoms. The first-order valence-electron chi connectivity index (χ1n) is 6.42. The molecule has 0 radical (unpaired) electrons. The highest BCUT2D eigenvalue weighted by Gasteiger charge is 2.06. The fourth-order valence-corrected chi connectivity index (χ4v) is 2.13. The molecule has 0 unspecified atom stereocenters. The minimum atomic E-state index is -0.374. The van der Waals surface area contributed by atoms with E-state index >= 15 is 0 Å². The molecule has 2 rings (SSSR count). The van der Waals surface area contributed by atoms with E-state index in [2.05, 4.69) is 10.9 Å². The predicted molar refractivity (Wildman–Crippen MR) is 85.0 cm³/mol. The molecule has 0 aliphatic carbocycles. The summed E-state index contributed by atoms with van der Waals surface area (Å²) in [6.45, 7) is 0.0925. The van der Waals surface area contributed by atoms with Crippen molar-refractivity contribution in [2.75, 3.05) is 6.61 Å². The lowest BCUT2D eigenvalue weighted by molar-refractivity contribution is -0.124. The molecule has 0 aliphatic rings. The minimum absolute atomic E-state index is 0.161. The van der Waals surface area contributed by atoms with Crippen LogP contribution in [0.2, 0.25) is 10.0 Å². The zero-order chi connectivity index (χ0) is 15.9. The van der Waals surface area contributed by atoms with Crippen molar-refractivity contribution in [1.82, 2.24) is 10.9 Å². The number of phenols is 1. The van der Waals surface area contributed by atoms with Gasteiger partial charge >= 0.3 is 0 Å². The summed E-state index contributed by atoms with van der Waals surface area (Å²) in [5, 5.41) is 10.4. The second-order valence-electron chi connectivity index (χ2n) is 4.39. The van der Waals surface area contributed by atoms with Crippen LogP contribution in [0, 0.1) is 0 Å². The molecule has 2 aromatic rings. The number of hydrazine groups is 1. The molecule has 5 nitrogen and oxygen atoms in total. The lowest BCUT2D eigenvalue weighted by atomic mass is 10.2. The molecule has 1 amide bonds. The number of benzene rings is 2. The number of halogens is 2. The average Bonchev–Trinajstić information content (AvgIpc) is 2.48. The average molecular weight is 341 g/mol. The number of para-hydroxylation sites is 1. The van der Waals surface area contributed by atoms with Crippen LogP contribution in [0.25, 0.3) is 0 Å². The Kier molecular flexibility index (Phi) is 5.89. The fourth-order valence-electron chi connectivity index (χ4n) is 1.67. The third-order valence-electron chi connectivity index (χ3n) is 2.75. The van der Waals surface area contributed by atoms with E-state index in [4.69, 9.17) is 27.9 Å². The first-order valence-corrected chi connectivity index (χ1v) is 7.18. The van der Waals surface area contributed by atoms with E-state index in [1.54, 1.807) is 36.4 Å². The van der Waals surface area contributed by atoms with E-state index in [0.717, 1.165) is 0 Å². The van der Waals surface area contributed by atoms with Crippen LogP contribution >= 0.6 is 23.2 Å². The SMILES string of the molecule is O=C(COc1ccc(Cl)cc1Cl)NNCc1ccccc1O. The Hall–Kier alpha value is -1.95. The van der Waals surface area contributed by atoms with Crippen molar-refractivity contribution in [3.05, 3.63) is 58.1 Å². The number of hydrogen-bond donors (Lipinski definition) is 3. The maximum absolute atomic E-state index is 11.6. The lowest BCUT2D eigenvalue weighted by Crippen LogP contribution is -2.39. The van der Waals surface area contributed by atoms with Gasteiger partial charge in [-0.25, -0.2) is 5.43 Å². The van der Waals surface area contributed by atoms with Crippen molar-refractivity contribution in [2.45, 2.75) is 6.54 Å². The van der Waals surface area contributed by atoms with Crippen LogP contribution in [0.3, 0.4) is 0 Å². The third-order valence-corrected chi connectivity index (χ3v) is 3.28. The molecule has 0 aromatic heterocycles. The van der Waals surface area contributed by atoms with Gasteiger partial charge in [0.15, 0.2) is 6.61 Å². The topological polar surface area (TPSA) is 70.6 Å². The number of ether oxygens (including phenoxy) is 1. The summed E-state index contributed by atoms with van der Waals surface area (Å²) in [5.41, 5.74) is 5.84. The second-order valence-corrected chi connectivity index (χ2v) is 5.24. The zero-order valence-corrected chi connectivity index (χ0v) is 13.0. The maximum atomic E-state index is 11.6. The monoisotopic (exact) mass is 340 g/mol. The van der Waals surface area contributed by atoms with Crippen LogP contribution in [0.5, 0.6) is 11.5 Å². The molecular weight excluding hydrogens is 327 g/mol. The summed E-state index contributed by atoms with van der Waals surface area (Å²) in [6.07, 6.45) is 0. The number of amides is 1. The van der Waals surface area contributed by atoms with Crippen molar-refractivity contribution < 1.29 is 14.6 Å². The van der Waals surface area contributed by atoms with Gasteiger partial charge in [0.1, 0.15) is 11.5 Å². The van der Waals surface area contributed by atoms with Crippen molar-refractivity contribution in [2.24, 2.45) is 0 Å².